The van der Waals surface area contributed by atoms with Crippen LogP contribution in [0.5, 0.6) is 5.75 Å². The summed E-state index contributed by atoms with van der Waals surface area (Å²) in [4.78, 5) is 4.06. The maximum Gasteiger partial charge on any atom is 0.387 e. The third-order valence-electron chi connectivity index (χ3n) is 2.17. The fraction of sp³-hybridized carbons (Fsp3) is 0.250. The Bertz CT molecular complexity index is 461. The van der Waals surface area contributed by atoms with Gasteiger partial charge in [-0.3, -0.25) is 4.99 Å². The van der Waals surface area contributed by atoms with Gasteiger partial charge in [0.2, 0.25) is 0 Å². The molecule has 1 rings (SSSR count). The number of aliphatic imine (C=N–C) groups is 1. The SMILES string of the molecule is CN=C(C=CN)Cc1ccc(OC(F)F)c(Br)c1. The van der Waals surface area contributed by atoms with E-state index in [0.717, 1.165) is 11.3 Å². The first-order chi connectivity index (χ1) is 8.56. The average Bonchev–Trinajstić information content (AvgIpc) is 2.31. The highest BCUT2D eigenvalue weighted by atomic mass is 79.9. The van der Waals surface area contributed by atoms with Crippen LogP contribution < -0.4 is 10.5 Å². The van der Waals surface area contributed by atoms with Crippen molar-refractivity contribution in [3.63, 3.8) is 0 Å². The lowest BCUT2D eigenvalue weighted by Crippen LogP contribution is -2.04. The Kier molecular flexibility index (Phi) is 5.77. The Hall–Kier alpha value is -1.43. The van der Waals surface area contributed by atoms with E-state index >= 15 is 0 Å². The average molecular weight is 319 g/mol. The standard InChI is InChI=1S/C12H13BrF2N2O/c1-17-9(4-5-16)6-8-2-3-11(10(13)7-8)18-12(14)15/h2-5,7,12H,6,16H2,1H3. The van der Waals surface area contributed by atoms with Gasteiger partial charge in [0, 0.05) is 19.2 Å². The van der Waals surface area contributed by atoms with Gasteiger partial charge in [0.1, 0.15) is 5.75 Å². The second-order valence-electron chi connectivity index (χ2n) is 3.39. The van der Waals surface area contributed by atoms with Gasteiger partial charge < -0.3 is 10.5 Å². The minimum atomic E-state index is -2.83. The Labute approximate surface area is 112 Å². The second kappa shape index (κ2) is 7.10. The van der Waals surface area contributed by atoms with Crippen molar-refractivity contribution >= 4 is 21.6 Å². The molecule has 18 heavy (non-hydrogen) atoms. The van der Waals surface area contributed by atoms with Crippen molar-refractivity contribution in [1.82, 2.24) is 0 Å². The number of allylic oxidation sites excluding steroid dienone is 1. The smallest absolute Gasteiger partial charge is 0.387 e. The molecule has 2 N–H and O–H groups in total. The molecular formula is C12H13BrF2N2O. The Balaban J connectivity index is 2.84. The van der Waals surface area contributed by atoms with Crippen LogP contribution in [0.1, 0.15) is 5.56 Å². The highest BCUT2D eigenvalue weighted by Crippen LogP contribution is 2.27. The van der Waals surface area contributed by atoms with E-state index in [1.807, 2.05) is 0 Å². The van der Waals surface area contributed by atoms with E-state index in [0.29, 0.717) is 10.9 Å². The number of halogens is 3. The molecule has 0 bridgehead atoms. The van der Waals surface area contributed by atoms with Crippen molar-refractivity contribution in [1.29, 1.82) is 0 Å². The summed E-state index contributed by atoms with van der Waals surface area (Å²) in [5, 5.41) is 0. The number of rotatable bonds is 5. The number of nitrogens with two attached hydrogens (primary N) is 1. The molecule has 0 saturated heterocycles. The second-order valence-corrected chi connectivity index (χ2v) is 4.25. The summed E-state index contributed by atoms with van der Waals surface area (Å²) in [6.07, 6.45) is 3.67. The molecule has 0 aliphatic heterocycles. The van der Waals surface area contributed by atoms with Crippen molar-refractivity contribution in [3.8, 4) is 5.75 Å². The number of alkyl halides is 2. The first kappa shape index (κ1) is 14.6. The molecule has 0 spiro atoms. The minimum absolute atomic E-state index is 0.109. The molecule has 0 heterocycles. The molecule has 1 aromatic rings. The summed E-state index contributed by atoms with van der Waals surface area (Å²) in [5.41, 5.74) is 7.01. The molecular weight excluding hydrogens is 306 g/mol. The predicted octanol–water partition coefficient (Wildman–Crippen LogP) is 3.14. The molecule has 98 valence electrons. The molecule has 3 nitrogen and oxygen atoms in total. The third kappa shape index (κ3) is 4.44. The number of benzene rings is 1. The Morgan fingerprint density at radius 3 is 2.78 bits per heavy atom. The van der Waals surface area contributed by atoms with Crippen molar-refractivity contribution in [3.05, 3.63) is 40.5 Å². The van der Waals surface area contributed by atoms with Gasteiger partial charge in [-0.1, -0.05) is 6.07 Å². The van der Waals surface area contributed by atoms with Gasteiger partial charge in [0.15, 0.2) is 0 Å². The zero-order chi connectivity index (χ0) is 13.5. The normalized spacial score (nSPS) is 12.4. The van der Waals surface area contributed by atoms with Crippen molar-refractivity contribution in [2.24, 2.45) is 10.7 Å². The maximum absolute atomic E-state index is 12.1. The highest BCUT2D eigenvalue weighted by Gasteiger charge is 2.09. The molecule has 0 aliphatic rings. The van der Waals surface area contributed by atoms with Crippen molar-refractivity contribution in [2.45, 2.75) is 13.0 Å². The van der Waals surface area contributed by atoms with E-state index in [-0.39, 0.29) is 5.75 Å². The first-order valence-corrected chi connectivity index (χ1v) is 5.93. The zero-order valence-corrected chi connectivity index (χ0v) is 11.3. The van der Waals surface area contributed by atoms with Gasteiger partial charge in [0.05, 0.1) is 4.47 Å². The first-order valence-electron chi connectivity index (χ1n) is 5.14. The van der Waals surface area contributed by atoms with E-state index in [9.17, 15) is 8.78 Å². The van der Waals surface area contributed by atoms with E-state index in [1.54, 1.807) is 25.3 Å². The highest BCUT2D eigenvalue weighted by molar-refractivity contribution is 9.10. The monoisotopic (exact) mass is 318 g/mol. The lowest BCUT2D eigenvalue weighted by Gasteiger charge is -2.08. The van der Waals surface area contributed by atoms with E-state index < -0.39 is 6.61 Å². The Morgan fingerprint density at radius 1 is 1.56 bits per heavy atom. The van der Waals surface area contributed by atoms with Crippen LogP contribution in [0.4, 0.5) is 8.78 Å². The largest absolute Gasteiger partial charge is 0.434 e. The van der Waals surface area contributed by atoms with Gasteiger partial charge in [-0.15, -0.1) is 0 Å². The predicted molar refractivity (Wildman–Crippen MR) is 71.2 cm³/mol. The van der Waals surface area contributed by atoms with Crippen LogP contribution in [0.2, 0.25) is 0 Å². The number of hydrogen-bond acceptors (Lipinski definition) is 3. The summed E-state index contributed by atoms with van der Waals surface area (Å²) < 4.78 is 29.0. The van der Waals surface area contributed by atoms with E-state index in [4.69, 9.17) is 5.73 Å². The summed E-state index contributed by atoms with van der Waals surface area (Å²) in [5.74, 6) is 0.109. The summed E-state index contributed by atoms with van der Waals surface area (Å²) in [6.45, 7) is -2.83. The molecule has 0 saturated carbocycles. The molecule has 0 unspecified atom stereocenters. The fourth-order valence-electron chi connectivity index (χ4n) is 1.38. The van der Waals surface area contributed by atoms with Crippen LogP contribution in [-0.4, -0.2) is 19.4 Å². The quantitative estimate of drug-likeness (QED) is 0.848. The van der Waals surface area contributed by atoms with Gasteiger partial charge in [-0.2, -0.15) is 8.78 Å². The molecule has 1 aromatic carbocycles. The van der Waals surface area contributed by atoms with Crippen molar-refractivity contribution < 1.29 is 13.5 Å². The van der Waals surface area contributed by atoms with Gasteiger partial charge in [0.25, 0.3) is 0 Å². The van der Waals surface area contributed by atoms with Crippen molar-refractivity contribution in [2.75, 3.05) is 7.05 Å². The van der Waals surface area contributed by atoms with Crippen LogP contribution in [0, 0.1) is 0 Å². The van der Waals surface area contributed by atoms with Gasteiger partial charge in [-0.05, 0) is 45.9 Å². The number of ether oxygens (including phenoxy) is 1. The topological polar surface area (TPSA) is 47.6 Å². The lowest BCUT2D eigenvalue weighted by atomic mass is 10.1. The number of hydrogen-bond donors (Lipinski definition) is 1. The minimum Gasteiger partial charge on any atom is -0.434 e. The maximum atomic E-state index is 12.1. The summed E-state index contributed by atoms with van der Waals surface area (Å²) >= 11 is 3.19. The van der Waals surface area contributed by atoms with Gasteiger partial charge >= 0.3 is 6.61 Å². The van der Waals surface area contributed by atoms with Crippen LogP contribution in [0.3, 0.4) is 0 Å². The fourth-order valence-corrected chi connectivity index (χ4v) is 1.90. The van der Waals surface area contributed by atoms with Crippen LogP contribution in [0.25, 0.3) is 0 Å². The number of nitrogens with zero attached hydrogens (tertiary/aromatic N) is 1. The van der Waals surface area contributed by atoms with Gasteiger partial charge in [-0.25, -0.2) is 0 Å². The Morgan fingerprint density at radius 2 is 2.28 bits per heavy atom. The van der Waals surface area contributed by atoms with E-state index in [1.165, 1.54) is 12.3 Å². The van der Waals surface area contributed by atoms with E-state index in [2.05, 4.69) is 25.7 Å². The summed E-state index contributed by atoms with van der Waals surface area (Å²) in [7, 11) is 1.67. The lowest BCUT2D eigenvalue weighted by molar-refractivity contribution is -0.0503. The molecule has 0 atom stereocenters. The third-order valence-corrected chi connectivity index (χ3v) is 2.79. The zero-order valence-electron chi connectivity index (χ0n) is 9.74. The molecule has 6 heteroatoms. The van der Waals surface area contributed by atoms with Crippen LogP contribution >= 0.6 is 15.9 Å². The molecule has 0 aliphatic carbocycles. The molecule has 0 amide bonds. The molecule has 0 aromatic heterocycles. The molecule has 0 fully saturated rings. The van der Waals surface area contributed by atoms with Crippen LogP contribution in [0.15, 0.2) is 39.9 Å². The summed E-state index contributed by atoms with van der Waals surface area (Å²) in [6, 6.07) is 4.91. The van der Waals surface area contributed by atoms with Crippen LogP contribution in [-0.2, 0) is 6.42 Å². The molecule has 0 radical (unpaired) electrons.